The van der Waals surface area contributed by atoms with Crippen LogP contribution in [0.5, 0.6) is 0 Å². The summed E-state index contributed by atoms with van der Waals surface area (Å²) in [6.07, 6.45) is 5.90. The summed E-state index contributed by atoms with van der Waals surface area (Å²) < 4.78 is 11.7. The molecule has 1 aromatic heterocycles. The quantitative estimate of drug-likeness (QED) is 0.249. The molecule has 36 heavy (non-hydrogen) atoms. The first-order valence-corrected chi connectivity index (χ1v) is 12.4. The number of aliphatic hydroxyl groups is 1. The van der Waals surface area contributed by atoms with Gasteiger partial charge in [-0.05, 0) is 68.7 Å². The molecule has 2 aliphatic carbocycles. The number of esters is 1. The fraction of sp³-hybridized carbons (Fsp3) is 0.429. The molecule has 0 radical (unpaired) electrons. The lowest BCUT2D eigenvalue weighted by Gasteiger charge is -2.26. The van der Waals surface area contributed by atoms with Crippen LogP contribution in [-0.4, -0.2) is 51.5 Å². The van der Waals surface area contributed by atoms with Crippen LogP contribution in [0.1, 0.15) is 71.7 Å². The minimum Gasteiger partial charge on any atom is -0.460 e. The smallest absolute Gasteiger partial charge is 0.350 e. The van der Waals surface area contributed by atoms with Gasteiger partial charge in [0.2, 0.25) is 5.78 Å². The van der Waals surface area contributed by atoms with Gasteiger partial charge in [-0.3, -0.25) is 9.59 Å². The van der Waals surface area contributed by atoms with Gasteiger partial charge in [-0.15, -0.1) is 0 Å². The molecule has 8 heteroatoms. The van der Waals surface area contributed by atoms with Crippen molar-refractivity contribution in [2.24, 2.45) is 0 Å². The van der Waals surface area contributed by atoms with Crippen LogP contribution in [-0.2, 0) is 20.7 Å². The zero-order chi connectivity index (χ0) is 25.5. The van der Waals surface area contributed by atoms with E-state index in [0.717, 1.165) is 36.8 Å². The molecule has 1 saturated heterocycles. The number of aliphatic hydroxyl groups excluding tert-OH is 1. The third kappa shape index (κ3) is 3.85. The summed E-state index contributed by atoms with van der Waals surface area (Å²) in [6.45, 7) is 1.54. The molecule has 0 spiro atoms. The van der Waals surface area contributed by atoms with Gasteiger partial charge in [-0.1, -0.05) is 29.8 Å². The van der Waals surface area contributed by atoms with E-state index in [-0.39, 0.29) is 30.3 Å². The van der Waals surface area contributed by atoms with Crippen molar-refractivity contribution in [1.29, 1.82) is 0 Å². The van der Waals surface area contributed by atoms with Gasteiger partial charge in [-0.25, -0.2) is 9.78 Å². The minimum atomic E-state index is -2.01. The topological polar surface area (TPSA) is 132 Å². The normalized spacial score (nSPS) is 25.7. The van der Waals surface area contributed by atoms with E-state index in [1.165, 1.54) is 0 Å². The standard InChI is InChI=1S/C28H30N2O6/c1-17(10-11-18-12-13-30-23(29)14-18)19(16-31)15-27-24(32)21-8-4-5-9-22(21)25(33)28(27,36-27)26(34)35-20-6-2-3-7-20/h4-5,8-9,12-14,20,31H,2-3,6-7,10-11,15-16H2,1H3,(H2,29,30). The molecule has 2 unspecified atom stereocenters. The van der Waals surface area contributed by atoms with Gasteiger partial charge in [0, 0.05) is 23.7 Å². The Morgan fingerprint density at radius 2 is 1.86 bits per heavy atom. The average Bonchev–Trinajstić information content (AvgIpc) is 3.32. The van der Waals surface area contributed by atoms with Crippen molar-refractivity contribution >= 4 is 23.4 Å². The SMILES string of the molecule is CC(CCc1ccnc(N)c1)=C(CO)CC12OC1(C(=O)OC1CCCC1)C(=O)c1ccccc1C2=O. The number of carbonyl (C=O) groups excluding carboxylic acids is 3. The predicted octanol–water partition coefficient (Wildman–Crippen LogP) is 3.37. The van der Waals surface area contributed by atoms with Crippen molar-refractivity contribution in [3.05, 3.63) is 70.4 Å². The van der Waals surface area contributed by atoms with E-state index < -0.39 is 28.7 Å². The van der Waals surface area contributed by atoms with Crippen molar-refractivity contribution < 1.29 is 29.0 Å². The first kappa shape index (κ1) is 24.3. The van der Waals surface area contributed by atoms with Gasteiger partial charge in [-0.2, -0.15) is 0 Å². The lowest BCUT2D eigenvalue weighted by atomic mass is 9.71. The molecule has 0 bridgehead atoms. The maximum atomic E-state index is 13.8. The zero-order valence-corrected chi connectivity index (χ0v) is 20.3. The molecule has 3 aliphatic rings. The van der Waals surface area contributed by atoms with Crippen LogP contribution in [0.2, 0.25) is 0 Å². The second-order valence-electron chi connectivity index (χ2n) is 9.93. The van der Waals surface area contributed by atoms with Crippen LogP contribution in [0.15, 0.2) is 53.7 Å². The van der Waals surface area contributed by atoms with Crippen LogP contribution in [0, 0.1) is 0 Å². The van der Waals surface area contributed by atoms with Crippen LogP contribution in [0.25, 0.3) is 0 Å². The number of benzene rings is 1. The second kappa shape index (κ2) is 9.26. The van der Waals surface area contributed by atoms with E-state index in [2.05, 4.69) is 4.98 Å². The molecule has 1 aliphatic heterocycles. The zero-order valence-electron chi connectivity index (χ0n) is 20.3. The van der Waals surface area contributed by atoms with Crippen molar-refractivity contribution in [2.75, 3.05) is 12.3 Å². The van der Waals surface area contributed by atoms with Crippen molar-refractivity contribution in [1.82, 2.24) is 4.98 Å². The van der Waals surface area contributed by atoms with Crippen LogP contribution in [0.4, 0.5) is 5.82 Å². The minimum absolute atomic E-state index is 0.0630. The summed E-state index contributed by atoms with van der Waals surface area (Å²) in [6, 6.07) is 10.1. The fourth-order valence-corrected chi connectivity index (χ4v) is 5.54. The monoisotopic (exact) mass is 490 g/mol. The molecular weight excluding hydrogens is 460 g/mol. The van der Waals surface area contributed by atoms with Gasteiger partial charge in [0.25, 0.3) is 5.60 Å². The summed E-state index contributed by atoms with van der Waals surface area (Å²) in [7, 11) is 0. The Labute approximate surface area is 209 Å². The highest BCUT2D eigenvalue weighted by Gasteiger charge is 2.85. The molecule has 5 rings (SSSR count). The Bertz CT molecular complexity index is 1260. The van der Waals surface area contributed by atoms with Crippen molar-refractivity contribution in [2.45, 2.75) is 69.2 Å². The Morgan fingerprint density at radius 3 is 2.53 bits per heavy atom. The second-order valence-corrected chi connectivity index (χ2v) is 9.93. The highest BCUT2D eigenvalue weighted by atomic mass is 16.7. The number of epoxide rings is 1. The number of pyridine rings is 1. The predicted molar refractivity (Wildman–Crippen MR) is 131 cm³/mol. The molecule has 8 nitrogen and oxygen atoms in total. The molecule has 1 aromatic carbocycles. The highest BCUT2D eigenvalue weighted by molar-refractivity contribution is 6.32. The number of nitrogens with two attached hydrogens (primary N) is 1. The van der Waals surface area contributed by atoms with Gasteiger partial charge >= 0.3 is 5.97 Å². The number of hydrogen-bond acceptors (Lipinski definition) is 8. The van der Waals surface area contributed by atoms with E-state index in [1.54, 1.807) is 36.5 Å². The number of ether oxygens (including phenoxy) is 2. The number of nitrogens with zero attached hydrogens (tertiary/aromatic N) is 1. The third-order valence-corrected chi connectivity index (χ3v) is 7.71. The molecule has 0 amide bonds. The summed E-state index contributed by atoms with van der Waals surface area (Å²) in [5, 5.41) is 10.2. The Morgan fingerprint density at radius 1 is 1.17 bits per heavy atom. The van der Waals surface area contributed by atoms with Crippen LogP contribution in [0.3, 0.4) is 0 Å². The molecule has 188 valence electrons. The lowest BCUT2D eigenvalue weighted by molar-refractivity contribution is -0.153. The number of allylic oxidation sites excluding steroid dienone is 1. The van der Waals surface area contributed by atoms with Gasteiger partial charge in [0.15, 0.2) is 11.4 Å². The Balaban J connectivity index is 1.47. The number of carbonyl (C=O) groups is 3. The Hall–Kier alpha value is -3.36. The number of fused-ring (bicyclic) bond motifs is 2. The summed E-state index contributed by atoms with van der Waals surface area (Å²) in [5.41, 5.74) is 4.85. The molecule has 2 fully saturated rings. The number of anilines is 1. The molecule has 2 aromatic rings. The first-order valence-electron chi connectivity index (χ1n) is 12.4. The first-order chi connectivity index (χ1) is 17.3. The fourth-order valence-electron chi connectivity index (χ4n) is 5.54. The van der Waals surface area contributed by atoms with E-state index in [0.29, 0.717) is 24.2 Å². The molecule has 2 atom stereocenters. The van der Waals surface area contributed by atoms with Crippen molar-refractivity contribution in [3.63, 3.8) is 0 Å². The summed E-state index contributed by atoms with van der Waals surface area (Å²) >= 11 is 0. The van der Waals surface area contributed by atoms with E-state index in [4.69, 9.17) is 15.2 Å². The number of aryl methyl sites for hydroxylation is 1. The number of nitrogen functional groups attached to an aromatic ring is 1. The molecule has 3 N–H and O–H groups in total. The van der Waals surface area contributed by atoms with Crippen LogP contribution < -0.4 is 5.73 Å². The highest BCUT2D eigenvalue weighted by Crippen LogP contribution is 2.59. The van der Waals surface area contributed by atoms with E-state index in [1.807, 2.05) is 13.0 Å². The number of ketones is 2. The van der Waals surface area contributed by atoms with E-state index in [9.17, 15) is 19.5 Å². The maximum Gasteiger partial charge on any atom is 0.350 e. The molecule has 1 saturated carbocycles. The van der Waals surface area contributed by atoms with Crippen LogP contribution >= 0.6 is 0 Å². The van der Waals surface area contributed by atoms with E-state index >= 15 is 0 Å². The third-order valence-electron chi connectivity index (χ3n) is 7.71. The van der Waals surface area contributed by atoms with Crippen molar-refractivity contribution in [3.8, 4) is 0 Å². The number of aromatic nitrogens is 1. The molecular formula is C28H30N2O6. The Kier molecular flexibility index (Phi) is 6.26. The van der Waals surface area contributed by atoms with Gasteiger partial charge < -0.3 is 20.3 Å². The summed E-state index contributed by atoms with van der Waals surface area (Å²) in [4.78, 5) is 44.9. The maximum absolute atomic E-state index is 13.8. The largest absolute Gasteiger partial charge is 0.460 e. The summed E-state index contributed by atoms with van der Waals surface area (Å²) in [5.74, 6) is -1.36. The van der Waals surface area contributed by atoms with Gasteiger partial charge in [0.1, 0.15) is 11.9 Å². The number of Topliss-reactive ketones (excluding diaryl/α,β-unsaturated/α-hetero) is 2. The number of rotatable bonds is 8. The average molecular weight is 491 g/mol. The van der Waals surface area contributed by atoms with Gasteiger partial charge in [0.05, 0.1) is 6.61 Å². The molecule has 2 heterocycles. The lowest BCUT2D eigenvalue weighted by Crippen LogP contribution is -2.51. The number of hydrogen-bond donors (Lipinski definition) is 2.